The van der Waals surface area contributed by atoms with Gasteiger partial charge in [0.05, 0.1) is 16.3 Å². The molecule has 0 saturated heterocycles. The Labute approximate surface area is 129 Å². The summed E-state index contributed by atoms with van der Waals surface area (Å²) in [5, 5.41) is 0. The minimum absolute atomic E-state index is 0.251. The molecule has 1 aromatic carbocycles. The molecule has 0 radical (unpaired) electrons. The third-order valence-electron chi connectivity index (χ3n) is 2.29. The molecule has 0 heterocycles. The molecular weight excluding hydrogens is 355 g/mol. The summed E-state index contributed by atoms with van der Waals surface area (Å²) in [4.78, 5) is 0. The van der Waals surface area contributed by atoms with Gasteiger partial charge < -0.3 is 14.2 Å². The first-order valence-corrected chi connectivity index (χ1v) is 7.19. The van der Waals surface area contributed by atoms with E-state index in [2.05, 4.69) is 29.2 Å². The molecule has 0 aliphatic rings. The third kappa shape index (κ3) is 5.03. The van der Waals surface area contributed by atoms with Gasteiger partial charge in [0.25, 0.3) is 0 Å². The second kappa shape index (κ2) is 6.61. The zero-order valence-corrected chi connectivity index (χ0v) is 14.3. The van der Waals surface area contributed by atoms with Crippen LogP contribution in [0.3, 0.4) is 0 Å². The maximum absolute atomic E-state index is 5.85. The molecule has 1 unspecified atom stereocenters. The molecule has 19 heavy (non-hydrogen) atoms. The second-order valence-electron chi connectivity index (χ2n) is 5.15. The Kier molecular flexibility index (Phi) is 5.67. The molecule has 3 nitrogen and oxygen atoms in total. The molecule has 0 spiro atoms. The minimum Gasteiger partial charge on any atom is -0.493 e. The van der Waals surface area contributed by atoms with Crippen LogP contribution in [0.25, 0.3) is 6.08 Å². The summed E-state index contributed by atoms with van der Waals surface area (Å²) >= 11 is 2.22. The van der Waals surface area contributed by atoms with Crippen molar-refractivity contribution in [2.45, 2.75) is 39.6 Å². The van der Waals surface area contributed by atoms with Gasteiger partial charge in [-0.15, -0.1) is 0 Å². The lowest BCUT2D eigenvalue weighted by Gasteiger charge is -2.26. The summed E-state index contributed by atoms with van der Waals surface area (Å²) < 4.78 is 17.9. The SMILES string of the molecule is C=Cc1cc(I)c(OC(C)OC(C)(C)C)c(OC)c1. The number of ether oxygens (including phenoxy) is 3. The van der Waals surface area contributed by atoms with Gasteiger partial charge in [0.1, 0.15) is 0 Å². The van der Waals surface area contributed by atoms with Crippen molar-refractivity contribution in [3.8, 4) is 11.5 Å². The summed E-state index contributed by atoms with van der Waals surface area (Å²) in [6.07, 6.45) is 1.43. The maximum Gasteiger partial charge on any atom is 0.197 e. The zero-order chi connectivity index (χ0) is 14.6. The lowest BCUT2D eigenvalue weighted by atomic mass is 10.2. The van der Waals surface area contributed by atoms with Crippen LogP contribution in [0.2, 0.25) is 0 Å². The number of benzene rings is 1. The quantitative estimate of drug-likeness (QED) is 0.560. The Balaban J connectivity index is 2.97. The normalized spacial score (nSPS) is 12.9. The lowest BCUT2D eigenvalue weighted by molar-refractivity contribution is -0.141. The average molecular weight is 376 g/mol. The number of methoxy groups -OCH3 is 1. The van der Waals surface area contributed by atoms with E-state index in [4.69, 9.17) is 14.2 Å². The van der Waals surface area contributed by atoms with E-state index in [0.717, 1.165) is 9.13 Å². The summed E-state index contributed by atoms with van der Waals surface area (Å²) in [5.41, 5.74) is 0.747. The molecule has 0 bridgehead atoms. The summed E-state index contributed by atoms with van der Waals surface area (Å²) in [7, 11) is 1.63. The molecule has 0 fully saturated rings. The molecule has 106 valence electrons. The number of rotatable bonds is 5. The lowest BCUT2D eigenvalue weighted by Crippen LogP contribution is -2.29. The second-order valence-corrected chi connectivity index (χ2v) is 6.32. The van der Waals surface area contributed by atoms with Crippen molar-refractivity contribution in [2.75, 3.05) is 7.11 Å². The van der Waals surface area contributed by atoms with E-state index < -0.39 is 0 Å². The van der Waals surface area contributed by atoms with Crippen molar-refractivity contribution in [3.63, 3.8) is 0 Å². The van der Waals surface area contributed by atoms with Crippen LogP contribution in [0.1, 0.15) is 33.3 Å². The fourth-order valence-electron chi connectivity index (χ4n) is 1.66. The van der Waals surface area contributed by atoms with Gasteiger partial charge >= 0.3 is 0 Å². The van der Waals surface area contributed by atoms with Crippen LogP contribution in [0.4, 0.5) is 0 Å². The highest BCUT2D eigenvalue weighted by molar-refractivity contribution is 14.1. The first-order valence-electron chi connectivity index (χ1n) is 6.11. The van der Waals surface area contributed by atoms with Crippen molar-refractivity contribution in [1.82, 2.24) is 0 Å². The van der Waals surface area contributed by atoms with Crippen molar-refractivity contribution in [1.29, 1.82) is 0 Å². The van der Waals surface area contributed by atoms with Gasteiger partial charge in [0, 0.05) is 0 Å². The van der Waals surface area contributed by atoms with Gasteiger partial charge in [0.2, 0.25) is 0 Å². The first-order chi connectivity index (χ1) is 8.76. The Bertz CT molecular complexity index is 449. The molecule has 0 aromatic heterocycles. The molecular formula is C15H21IO3. The standard InChI is InChI=1S/C15H21IO3/c1-7-11-8-12(16)14(13(9-11)17-6)18-10(2)19-15(3,4)5/h7-10H,1H2,2-6H3. The Hall–Kier alpha value is -0.750. The average Bonchev–Trinajstić information content (AvgIpc) is 2.29. The zero-order valence-electron chi connectivity index (χ0n) is 12.1. The van der Waals surface area contributed by atoms with Crippen LogP contribution in [0.15, 0.2) is 18.7 Å². The van der Waals surface area contributed by atoms with E-state index in [9.17, 15) is 0 Å². The van der Waals surface area contributed by atoms with Gasteiger partial charge in [-0.1, -0.05) is 12.7 Å². The van der Waals surface area contributed by atoms with E-state index in [1.165, 1.54) is 0 Å². The van der Waals surface area contributed by atoms with Crippen LogP contribution in [-0.4, -0.2) is 19.0 Å². The van der Waals surface area contributed by atoms with E-state index >= 15 is 0 Å². The highest BCUT2D eigenvalue weighted by Crippen LogP contribution is 2.35. The Morgan fingerprint density at radius 1 is 1.32 bits per heavy atom. The number of halogens is 1. The topological polar surface area (TPSA) is 27.7 Å². The van der Waals surface area contributed by atoms with E-state index in [-0.39, 0.29) is 11.9 Å². The molecule has 0 saturated carbocycles. The summed E-state index contributed by atoms with van der Waals surface area (Å²) in [6.45, 7) is 11.6. The van der Waals surface area contributed by atoms with Gasteiger partial charge in [-0.3, -0.25) is 0 Å². The largest absolute Gasteiger partial charge is 0.493 e. The Morgan fingerprint density at radius 3 is 2.42 bits per heavy atom. The molecule has 0 aliphatic carbocycles. The van der Waals surface area contributed by atoms with E-state index in [0.29, 0.717) is 11.5 Å². The molecule has 0 amide bonds. The van der Waals surface area contributed by atoms with Crippen LogP contribution in [-0.2, 0) is 4.74 Å². The summed E-state index contributed by atoms with van der Waals surface area (Å²) in [5.74, 6) is 1.39. The predicted octanol–water partition coefficient (Wildman–Crippen LogP) is 4.48. The number of hydrogen-bond donors (Lipinski definition) is 0. The summed E-state index contributed by atoms with van der Waals surface area (Å²) in [6, 6.07) is 3.89. The predicted molar refractivity (Wildman–Crippen MR) is 86.7 cm³/mol. The maximum atomic E-state index is 5.85. The highest BCUT2D eigenvalue weighted by Gasteiger charge is 2.19. The van der Waals surface area contributed by atoms with Gasteiger partial charge in [-0.25, -0.2) is 0 Å². The minimum atomic E-state index is -0.350. The van der Waals surface area contributed by atoms with Crippen molar-refractivity contribution >= 4 is 28.7 Å². The fourth-order valence-corrected chi connectivity index (χ4v) is 2.41. The monoisotopic (exact) mass is 376 g/mol. The smallest absolute Gasteiger partial charge is 0.197 e. The van der Waals surface area contributed by atoms with Crippen LogP contribution < -0.4 is 9.47 Å². The van der Waals surface area contributed by atoms with Crippen molar-refractivity contribution in [3.05, 3.63) is 27.8 Å². The molecule has 1 aromatic rings. The first kappa shape index (κ1) is 16.3. The van der Waals surface area contributed by atoms with E-state index in [1.807, 2.05) is 39.8 Å². The number of hydrogen-bond acceptors (Lipinski definition) is 3. The van der Waals surface area contributed by atoms with Gasteiger partial charge in [-0.2, -0.15) is 0 Å². The van der Waals surface area contributed by atoms with E-state index in [1.54, 1.807) is 13.2 Å². The van der Waals surface area contributed by atoms with Gasteiger partial charge in [0.15, 0.2) is 17.8 Å². The fraction of sp³-hybridized carbons (Fsp3) is 0.467. The van der Waals surface area contributed by atoms with Crippen LogP contribution >= 0.6 is 22.6 Å². The third-order valence-corrected chi connectivity index (χ3v) is 3.09. The Morgan fingerprint density at radius 2 is 1.95 bits per heavy atom. The molecule has 0 N–H and O–H groups in total. The molecule has 0 aliphatic heterocycles. The molecule has 4 heteroatoms. The molecule has 1 rings (SSSR count). The van der Waals surface area contributed by atoms with Crippen molar-refractivity contribution < 1.29 is 14.2 Å². The van der Waals surface area contributed by atoms with Gasteiger partial charge in [-0.05, 0) is 68.0 Å². The van der Waals surface area contributed by atoms with Crippen LogP contribution in [0.5, 0.6) is 11.5 Å². The van der Waals surface area contributed by atoms with Crippen LogP contribution in [0, 0.1) is 3.57 Å². The molecule has 1 atom stereocenters. The highest BCUT2D eigenvalue weighted by atomic mass is 127. The van der Waals surface area contributed by atoms with Crippen molar-refractivity contribution in [2.24, 2.45) is 0 Å².